The fraction of sp³-hybridized carbons (Fsp3) is 0.200. The zero-order valence-corrected chi connectivity index (χ0v) is 11.3. The predicted octanol–water partition coefficient (Wildman–Crippen LogP) is 3.35. The van der Waals surface area contributed by atoms with Gasteiger partial charge in [-0.05, 0) is 43.7 Å². The standard InChI is InChI=1S/C15H15FN4/c1-10-4-3-5-14-18-15(19-20(10)14)17-11(2)12-6-8-13(16)9-7-12/h3-9,11H,1-2H3,(H,17,19). The minimum absolute atomic E-state index is 0.00770. The van der Waals surface area contributed by atoms with Crippen LogP contribution in [0.4, 0.5) is 10.3 Å². The Labute approximate surface area is 116 Å². The van der Waals surface area contributed by atoms with E-state index in [1.165, 1.54) is 12.1 Å². The van der Waals surface area contributed by atoms with Crippen molar-refractivity contribution in [3.63, 3.8) is 0 Å². The number of hydrogen-bond donors (Lipinski definition) is 1. The molecule has 0 aliphatic carbocycles. The smallest absolute Gasteiger partial charge is 0.243 e. The quantitative estimate of drug-likeness (QED) is 0.793. The highest BCUT2D eigenvalue weighted by Crippen LogP contribution is 2.18. The van der Waals surface area contributed by atoms with Crippen molar-refractivity contribution in [3.8, 4) is 0 Å². The number of benzene rings is 1. The van der Waals surface area contributed by atoms with Crippen molar-refractivity contribution < 1.29 is 4.39 Å². The van der Waals surface area contributed by atoms with E-state index in [0.29, 0.717) is 5.95 Å². The van der Waals surface area contributed by atoms with E-state index in [4.69, 9.17) is 0 Å². The number of aromatic nitrogens is 3. The van der Waals surface area contributed by atoms with E-state index >= 15 is 0 Å². The third-order valence-corrected chi connectivity index (χ3v) is 3.26. The second-order valence-electron chi connectivity index (χ2n) is 4.79. The lowest BCUT2D eigenvalue weighted by molar-refractivity contribution is 0.626. The summed E-state index contributed by atoms with van der Waals surface area (Å²) in [6, 6.07) is 12.3. The molecule has 3 aromatic rings. The molecule has 20 heavy (non-hydrogen) atoms. The fourth-order valence-corrected chi connectivity index (χ4v) is 2.13. The number of halogens is 1. The molecule has 0 spiro atoms. The monoisotopic (exact) mass is 270 g/mol. The Kier molecular flexibility index (Phi) is 3.10. The first-order valence-corrected chi connectivity index (χ1v) is 6.48. The molecule has 102 valence electrons. The average molecular weight is 270 g/mol. The lowest BCUT2D eigenvalue weighted by Crippen LogP contribution is -2.08. The van der Waals surface area contributed by atoms with Crippen molar-refractivity contribution in [1.29, 1.82) is 0 Å². The van der Waals surface area contributed by atoms with Gasteiger partial charge in [0.15, 0.2) is 5.65 Å². The van der Waals surface area contributed by atoms with Crippen LogP contribution < -0.4 is 5.32 Å². The molecule has 0 bridgehead atoms. The molecule has 0 amide bonds. The minimum Gasteiger partial charge on any atom is -0.346 e. The molecule has 1 atom stereocenters. The summed E-state index contributed by atoms with van der Waals surface area (Å²) in [5, 5.41) is 7.64. The third kappa shape index (κ3) is 2.34. The highest BCUT2D eigenvalue weighted by molar-refractivity contribution is 5.45. The third-order valence-electron chi connectivity index (χ3n) is 3.26. The second-order valence-corrected chi connectivity index (χ2v) is 4.79. The molecule has 0 aliphatic heterocycles. The van der Waals surface area contributed by atoms with Crippen LogP contribution in [0.5, 0.6) is 0 Å². The van der Waals surface area contributed by atoms with E-state index in [0.717, 1.165) is 16.9 Å². The zero-order valence-electron chi connectivity index (χ0n) is 11.3. The van der Waals surface area contributed by atoms with Gasteiger partial charge >= 0.3 is 0 Å². The van der Waals surface area contributed by atoms with Gasteiger partial charge in [-0.2, -0.15) is 4.98 Å². The van der Waals surface area contributed by atoms with Crippen LogP contribution >= 0.6 is 0 Å². The van der Waals surface area contributed by atoms with Gasteiger partial charge in [0.1, 0.15) is 5.82 Å². The number of nitrogens with one attached hydrogen (secondary N) is 1. The second kappa shape index (κ2) is 4.92. The number of hydrogen-bond acceptors (Lipinski definition) is 3. The summed E-state index contributed by atoms with van der Waals surface area (Å²) >= 11 is 0. The zero-order chi connectivity index (χ0) is 14.1. The molecule has 0 saturated heterocycles. The minimum atomic E-state index is -0.234. The van der Waals surface area contributed by atoms with Gasteiger partial charge in [0.2, 0.25) is 5.95 Å². The van der Waals surface area contributed by atoms with Crippen molar-refractivity contribution in [1.82, 2.24) is 14.6 Å². The van der Waals surface area contributed by atoms with Gasteiger partial charge < -0.3 is 5.32 Å². The Balaban J connectivity index is 1.85. The van der Waals surface area contributed by atoms with Crippen molar-refractivity contribution in [2.24, 2.45) is 0 Å². The molecule has 4 nitrogen and oxygen atoms in total. The van der Waals surface area contributed by atoms with Gasteiger partial charge in [-0.15, -0.1) is 5.10 Å². The molecule has 0 radical (unpaired) electrons. The van der Waals surface area contributed by atoms with E-state index in [2.05, 4.69) is 15.4 Å². The molecule has 1 unspecified atom stereocenters. The molecule has 2 heterocycles. The number of fused-ring (bicyclic) bond motifs is 1. The van der Waals surface area contributed by atoms with Gasteiger partial charge in [-0.1, -0.05) is 18.2 Å². The molecule has 5 heteroatoms. The highest BCUT2D eigenvalue weighted by atomic mass is 19.1. The maximum absolute atomic E-state index is 12.9. The predicted molar refractivity (Wildman–Crippen MR) is 76.2 cm³/mol. The first-order valence-electron chi connectivity index (χ1n) is 6.48. The summed E-state index contributed by atoms with van der Waals surface area (Å²) < 4.78 is 14.7. The fourth-order valence-electron chi connectivity index (χ4n) is 2.13. The maximum Gasteiger partial charge on any atom is 0.243 e. The largest absolute Gasteiger partial charge is 0.346 e. The van der Waals surface area contributed by atoms with Crippen LogP contribution in [0.3, 0.4) is 0 Å². The molecule has 2 aromatic heterocycles. The highest BCUT2D eigenvalue weighted by Gasteiger charge is 2.10. The summed E-state index contributed by atoms with van der Waals surface area (Å²) in [6.45, 7) is 3.97. The molecule has 1 aromatic carbocycles. The van der Waals surface area contributed by atoms with Crippen LogP contribution in [-0.2, 0) is 0 Å². The van der Waals surface area contributed by atoms with Crippen molar-refractivity contribution in [3.05, 3.63) is 59.5 Å². The Hall–Kier alpha value is -2.43. The first-order chi connectivity index (χ1) is 9.63. The lowest BCUT2D eigenvalue weighted by atomic mass is 10.1. The number of aryl methyl sites for hydroxylation is 1. The average Bonchev–Trinajstić information content (AvgIpc) is 2.83. The Morgan fingerprint density at radius 1 is 1.15 bits per heavy atom. The normalized spacial score (nSPS) is 12.6. The Morgan fingerprint density at radius 3 is 2.60 bits per heavy atom. The Bertz CT molecular complexity index is 733. The number of pyridine rings is 1. The molecule has 0 fully saturated rings. The SMILES string of the molecule is Cc1cccc2nc(NC(C)c3ccc(F)cc3)nn12. The van der Waals surface area contributed by atoms with E-state index in [1.807, 2.05) is 32.0 Å². The molecule has 1 N–H and O–H groups in total. The van der Waals surface area contributed by atoms with Crippen LogP contribution in [0, 0.1) is 12.7 Å². The van der Waals surface area contributed by atoms with Crippen LogP contribution in [-0.4, -0.2) is 14.6 Å². The molecule has 3 rings (SSSR count). The van der Waals surface area contributed by atoms with Crippen molar-refractivity contribution >= 4 is 11.6 Å². The summed E-state index contributed by atoms with van der Waals surface area (Å²) in [7, 11) is 0. The summed E-state index contributed by atoms with van der Waals surface area (Å²) in [5.41, 5.74) is 2.82. The van der Waals surface area contributed by atoms with Gasteiger partial charge in [0.05, 0.1) is 6.04 Å². The Morgan fingerprint density at radius 2 is 1.90 bits per heavy atom. The summed E-state index contributed by atoms with van der Waals surface area (Å²) in [5.74, 6) is 0.332. The van der Waals surface area contributed by atoms with E-state index in [-0.39, 0.29) is 11.9 Å². The van der Waals surface area contributed by atoms with Crippen LogP contribution in [0.25, 0.3) is 5.65 Å². The summed E-state index contributed by atoms with van der Waals surface area (Å²) in [6.07, 6.45) is 0. The first kappa shape index (κ1) is 12.6. The van der Waals surface area contributed by atoms with Gasteiger partial charge in [0.25, 0.3) is 0 Å². The van der Waals surface area contributed by atoms with Crippen LogP contribution in [0.2, 0.25) is 0 Å². The number of anilines is 1. The van der Waals surface area contributed by atoms with Crippen molar-refractivity contribution in [2.45, 2.75) is 19.9 Å². The van der Waals surface area contributed by atoms with E-state index < -0.39 is 0 Å². The topological polar surface area (TPSA) is 42.2 Å². The molecular weight excluding hydrogens is 255 g/mol. The van der Waals surface area contributed by atoms with E-state index in [9.17, 15) is 4.39 Å². The number of nitrogens with zero attached hydrogens (tertiary/aromatic N) is 3. The lowest BCUT2D eigenvalue weighted by Gasteiger charge is -2.12. The van der Waals surface area contributed by atoms with Crippen LogP contribution in [0.15, 0.2) is 42.5 Å². The van der Waals surface area contributed by atoms with Crippen molar-refractivity contribution in [2.75, 3.05) is 5.32 Å². The summed E-state index contributed by atoms with van der Waals surface area (Å²) in [4.78, 5) is 4.42. The number of rotatable bonds is 3. The van der Waals surface area contributed by atoms with Crippen LogP contribution in [0.1, 0.15) is 24.2 Å². The van der Waals surface area contributed by atoms with Gasteiger partial charge in [0, 0.05) is 5.69 Å². The maximum atomic E-state index is 12.9. The molecular formula is C15H15FN4. The van der Waals surface area contributed by atoms with Gasteiger partial charge in [-0.3, -0.25) is 0 Å². The molecule has 0 saturated carbocycles. The van der Waals surface area contributed by atoms with Gasteiger partial charge in [-0.25, -0.2) is 8.91 Å². The van der Waals surface area contributed by atoms with E-state index in [1.54, 1.807) is 16.6 Å². The molecule has 0 aliphatic rings.